The molecule has 1 saturated heterocycles. The second-order valence-electron chi connectivity index (χ2n) is 7.46. The Morgan fingerprint density at radius 3 is 2.86 bits per heavy atom. The van der Waals surface area contributed by atoms with E-state index < -0.39 is 17.8 Å². The number of rotatable bonds is 3. The quantitative estimate of drug-likeness (QED) is 0.814. The lowest BCUT2D eigenvalue weighted by atomic mass is 9.94. The number of allylic oxidation sites excluding steroid dienone is 4. The average Bonchev–Trinajstić information content (AvgIpc) is 2.99. The van der Waals surface area contributed by atoms with E-state index >= 15 is 0 Å². The lowest BCUT2D eigenvalue weighted by Crippen LogP contribution is -2.37. The molecule has 3 heterocycles. The number of fused-ring (bicyclic) bond motifs is 4. The number of nitrogens with zero attached hydrogens (tertiary/aromatic N) is 3. The van der Waals surface area contributed by atoms with Gasteiger partial charge in [-0.25, -0.2) is 9.37 Å². The maximum absolute atomic E-state index is 13.6. The zero-order valence-electron chi connectivity index (χ0n) is 15.3. The summed E-state index contributed by atoms with van der Waals surface area (Å²) in [5.41, 5.74) is 1.32. The zero-order chi connectivity index (χ0) is 19.3. The van der Waals surface area contributed by atoms with Gasteiger partial charge in [0.2, 0.25) is 5.78 Å². The number of carbonyl (C=O) groups excluding carboxylic acids is 1. The number of hydrogen-bond acceptors (Lipinski definition) is 5. The number of hydrogen-bond donors (Lipinski definition) is 0. The molecule has 28 heavy (non-hydrogen) atoms. The molecule has 0 radical (unpaired) electrons. The largest absolute Gasteiger partial charge is 0.379 e. The molecule has 0 bridgehead atoms. The first kappa shape index (κ1) is 17.5. The van der Waals surface area contributed by atoms with Gasteiger partial charge in [0.25, 0.3) is 5.56 Å². The third kappa shape index (κ3) is 2.82. The van der Waals surface area contributed by atoms with Crippen LogP contribution in [0.25, 0.3) is 10.9 Å². The monoisotopic (exact) mass is 381 g/mol. The zero-order valence-corrected chi connectivity index (χ0v) is 15.3. The molecule has 0 saturated carbocycles. The van der Waals surface area contributed by atoms with Gasteiger partial charge in [-0.1, -0.05) is 12.1 Å². The molecule has 1 aromatic heterocycles. The highest BCUT2D eigenvalue weighted by molar-refractivity contribution is 6.00. The second kappa shape index (κ2) is 6.76. The summed E-state index contributed by atoms with van der Waals surface area (Å²) in [5.74, 6) is -1.34. The predicted molar refractivity (Wildman–Crippen MR) is 102 cm³/mol. The number of morpholine rings is 1. The van der Waals surface area contributed by atoms with Crippen molar-refractivity contribution in [3.05, 3.63) is 64.0 Å². The van der Waals surface area contributed by atoms with Crippen LogP contribution >= 0.6 is 0 Å². The minimum Gasteiger partial charge on any atom is -0.379 e. The van der Waals surface area contributed by atoms with Gasteiger partial charge in [0.15, 0.2) is 5.82 Å². The van der Waals surface area contributed by atoms with E-state index in [2.05, 4.69) is 9.88 Å². The van der Waals surface area contributed by atoms with Crippen molar-refractivity contribution >= 4 is 16.7 Å². The molecule has 7 heteroatoms. The average molecular weight is 381 g/mol. The van der Waals surface area contributed by atoms with Gasteiger partial charge in [-0.3, -0.25) is 19.1 Å². The fourth-order valence-electron chi connectivity index (χ4n) is 4.23. The maximum atomic E-state index is 13.6. The van der Waals surface area contributed by atoms with Crippen molar-refractivity contribution in [3.8, 4) is 0 Å². The van der Waals surface area contributed by atoms with Gasteiger partial charge in [0.05, 0.1) is 36.1 Å². The molecule has 2 aromatic rings. The van der Waals surface area contributed by atoms with E-state index in [-0.39, 0.29) is 17.2 Å². The third-order valence-corrected chi connectivity index (χ3v) is 5.77. The SMILES string of the molecule is O=C1c2nc3ccc(CCN4CCOCC4)cc3c(=O)n2C2C=CC(F)=CC12. The number of carbonyl (C=O) groups is 1. The first-order valence-corrected chi connectivity index (χ1v) is 9.57. The van der Waals surface area contributed by atoms with E-state index in [0.717, 1.165) is 44.8 Å². The number of halogens is 1. The Hall–Kier alpha value is -2.64. The number of benzene rings is 1. The van der Waals surface area contributed by atoms with Gasteiger partial charge in [0, 0.05) is 19.6 Å². The summed E-state index contributed by atoms with van der Waals surface area (Å²) < 4.78 is 20.4. The van der Waals surface area contributed by atoms with Gasteiger partial charge in [-0.05, 0) is 36.3 Å². The van der Waals surface area contributed by atoms with Gasteiger partial charge in [-0.15, -0.1) is 0 Å². The van der Waals surface area contributed by atoms with E-state index in [1.54, 1.807) is 12.1 Å². The van der Waals surface area contributed by atoms with Gasteiger partial charge < -0.3 is 4.74 Å². The molecular formula is C21H20FN3O3. The fraction of sp³-hybridized carbons (Fsp3) is 0.381. The van der Waals surface area contributed by atoms with Gasteiger partial charge >= 0.3 is 0 Å². The fourth-order valence-corrected chi connectivity index (χ4v) is 4.23. The molecule has 1 aromatic carbocycles. The van der Waals surface area contributed by atoms with Crippen LogP contribution in [0.1, 0.15) is 22.2 Å². The Kier molecular flexibility index (Phi) is 4.21. The van der Waals surface area contributed by atoms with Crippen LogP contribution in [0.2, 0.25) is 0 Å². The Morgan fingerprint density at radius 1 is 1.21 bits per heavy atom. The van der Waals surface area contributed by atoms with Gasteiger partial charge in [-0.2, -0.15) is 0 Å². The molecule has 2 atom stereocenters. The predicted octanol–water partition coefficient (Wildman–Crippen LogP) is 2.05. The van der Waals surface area contributed by atoms with Crippen LogP contribution in [0.4, 0.5) is 4.39 Å². The van der Waals surface area contributed by atoms with Crippen molar-refractivity contribution in [1.82, 2.24) is 14.5 Å². The highest BCUT2D eigenvalue weighted by atomic mass is 19.1. The molecule has 0 spiro atoms. The van der Waals surface area contributed by atoms with Crippen LogP contribution in [0.3, 0.4) is 0 Å². The summed E-state index contributed by atoms with van der Waals surface area (Å²) in [5, 5.41) is 0.500. The molecule has 2 aliphatic heterocycles. The Bertz CT molecular complexity index is 1080. The van der Waals surface area contributed by atoms with Crippen molar-refractivity contribution < 1.29 is 13.9 Å². The van der Waals surface area contributed by atoms with Crippen molar-refractivity contribution in [2.45, 2.75) is 12.5 Å². The summed E-state index contributed by atoms with van der Waals surface area (Å²) in [7, 11) is 0. The van der Waals surface area contributed by atoms with Crippen molar-refractivity contribution in [2.75, 3.05) is 32.8 Å². The van der Waals surface area contributed by atoms with Crippen molar-refractivity contribution in [1.29, 1.82) is 0 Å². The first-order valence-electron chi connectivity index (χ1n) is 9.57. The number of Topliss-reactive ketones (excluding diaryl/α,β-unsaturated/α-hetero) is 1. The van der Waals surface area contributed by atoms with Crippen molar-refractivity contribution in [2.24, 2.45) is 5.92 Å². The standard InChI is InChI=1S/C21H20FN3O3/c22-14-2-4-18-16(12-14)19(26)20-23-17-3-1-13(11-15(17)21(27)25(18)20)5-6-24-7-9-28-10-8-24/h1-4,11-12,16,18H,5-10H2. The Balaban J connectivity index is 1.50. The number of aromatic nitrogens is 2. The van der Waals surface area contributed by atoms with Crippen LogP contribution in [-0.2, 0) is 11.2 Å². The van der Waals surface area contributed by atoms with Crippen molar-refractivity contribution in [3.63, 3.8) is 0 Å². The molecule has 144 valence electrons. The summed E-state index contributed by atoms with van der Waals surface area (Å²) in [6.45, 7) is 4.27. The number of ether oxygens (including phenoxy) is 1. The third-order valence-electron chi connectivity index (χ3n) is 5.77. The number of ketones is 1. The first-order chi connectivity index (χ1) is 13.6. The summed E-state index contributed by atoms with van der Waals surface area (Å²) in [6.07, 6.45) is 4.99. The lowest BCUT2D eigenvalue weighted by molar-refractivity contribution is 0.0384. The normalized spacial score (nSPS) is 24.3. The smallest absolute Gasteiger partial charge is 0.262 e. The molecule has 6 nitrogen and oxygen atoms in total. The van der Waals surface area contributed by atoms with Crippen LogP contribution in [-0.4, -0.2) is 53.1 Å². The van der Waals surface area contributed by atoms with E-state index in [4.69, 9.17) is 4.74 Å². The topological polar surface area (TPSA) is 64.4 Å². The minimum absolute atomic E-state index is 0.115. The molecular weight excluding hydrogens is 361 g/mol. The van der Waals surface area contributed by atoms with Gasteiger partial charge in [0.1, 0.15) is 5.83 Å². The van der Waals surface area contributed by atoms with E-state index in [9.17, 15) is 14.0 Å². The summed E-state index contributed by atoms with van der Waals surface area (Å²) in [4.78, 5) is 32.6. The second-order valence-corrected chi connectivity index (χ2v) is 7.46. The maximum Gasteiger partial charge on any atom is 0.262 e. The molecule has 1 fully saturated rings. The molecule has 0 N–H and O–H groups in total. The highest BCUT2D eigenvalue weighted by Crippen LogP contribution is 2.36. The van der Waals surface area contributed by atoms with Crippen LogP contribution < -0.4 is 5.56 Å². The summed E-state index contributed by atoms with van der Waals surface area (Å²) >= 11 is 0. The molecule has 1 aliphatic carbocycles. The minimum atomic E-state index is -0.692. The van der Waals surface area contributed by atoms with Crippen LogP contribution in [0.5, 0.6) is 0 Å². The molecule has 5 rings (SSSR count). The Morgan fingerprint density at radius 2 is 2.04 bits per heavy atom. The molecule has 2 unspecified atom stereocenters. The molecule has 3 aliphatic rings. The molecule has 0 amide bonds. The van der Waals surface area contributed by atoms with E-state index in [0.29, 0.717) is 10.9 Å². The van der Waals surface area contributed by atoms with Crippen LogP contribution in [0, 0.1) is 5.92 Å². The lowest BCUT2D eigenvalue weighted by Gasteiger charge is -2.26. The Labute approximate surface area is 160 Å². The van der Waals surface area contributed by atoms with E-state index in [1.165, 1.54) is 16.7 Å². The highest BCUT2D eigenvalue weighted by Gasteiger charge is 2.41. The van der Waals surface area contributed by atoms with Crippen LogP contribution in [0.15, 0.2) is 47.0 Å². The summed E-state index contributed by atoms with van der Waals surface area (Å²) in [6, 6.07) is 5.13. The van der Waals surface area contributed by atoms with E-state index in [1.807, 2.05) is 12.1 Å².